The molecule has 0 unspecified atom stereocenters. The number of carbonyl (C=O) groups is 1. The van der Waals surface area contributed by atoms with Gasteiger partial charge in [-0.15, -0.1) is 0 Å². The van der Waals surface area contributed by atoms with Crippen LogP contribution in [-0.4, -0.2) is 39.6 Å². The maximum absolute atomic E-state index is 13.5. The number of nitriles is 1. The number of likely N-dealkylation sites (tertiary alicyclic amines) is 1. The summed E-state index contributed by atoms with van der Waals surface area (Å²) in [5.74, 6) is -0.927. The molecule has 1 fully saturated rings. The zero-order chi connectivity index (χ0) is 20.4. The van der Waals surface area contributed by atoms with E-state index >= 15 is 0 Å². The Morgan fingerprint density at radius 3 is 2.55 bits per heavy atom. The van der Waals surface area contributed by atoms with E-state index in [4.69, 9.17) is 0 Å². The lowest BCUT2D eigenvalue weighted by Crippen LogP contribution is -2.65. The van der Waals surface area contributed by atoms with E-state index in [0.29, 0.717) is 5.56 Å². The van der Waals surface area contributed by atoms with Gasteiger partial charge in [-0.25, -0.2) is 4.39 Å². The van der Waals surface area contributed by atoms with Gasteiger partial charge in [0, 0.05) is 18.3 Å². The Morgan fingerprint density at radius 1 is 1.14 bits per heavy atom. The Bertz CT molecular complexity index is 1060. The van der Waals surface area contributed by atoms with Crippen LogP contribution < -0.4 is 0 Å². The molecule has 1 aromatic heterocycles. The standard InChI is InChI=1S/C23H18FN3O2/c24-19-5-1-3-17(11-19)15-6-8-16(9-7-15)22-20(12-25)27(21(22)14-28)23(29)18-4-2-10-26-13-18/h1-11,13,20-22,28H,14H2/t20-,21+,22+/m1/s1. The van der Waals surface area contributed by atoms with Gasteiger partial charge in [-0.1, -0.05) is 36.4 Å². The second-order valence-electron chi connectivity index (χ2n) is 6.94. The van der Waals surface area contributed by atoms with E-state index in [0.717, 1.165) is 16.7 Å². The Balaban J connectivity index is 1.60. The van der Waals surface area contributed by atoms with Crippen molar-refractivity contribution in [1.29, 1.82) is 5.26 Å². The number of amides is 1. The lowest BCUT2D eigenvalue weighted by molar-refractivity contribution is -0.00588. The van der Waals surface area contributed by atoms with Crippen molar-refractivity contribution in [3.63, 3.8) is 0 Å². The fourth-order valence-corrected chi connectivity index (χ4v) is 3.89. The second kappa shape index (κ2) is 7.82. The number of rotatable bonds is 4. The SMILES string of the molecule is N#C[C@@H]1[C@H](c2ccc(-c3cccc(F)c3)cc2)[C@H](CO)N1C(=O)c1cccnc1. The van der Waals surface area contributed by atoms with Gasteiger partial charge in [0.2, 0.25) is 0 Å². The molecule has 1 aliphatic heterocycles. The van der Waals surface area contributed by atoms with Crippen LogP contribution in [-0.2, 0) is 0 Å². The minimum atomic E-state index is -0.681. The molecule has 6 heteroatoms. The predicted octanol–water partition coefficient (Wildman–Crippen LogP) is 3.38. The zero-order valence-corrected chi connectivity index (χ0v) is 15.4. The van der Waals surface area contributed by atoms with Crippen LogP contribution in [0.25, 0.3) is 11.1 Å². The van der Waals surface area contributed by atoms with E-state index in [1.165, 1.54) is 23.2 Å². The predicted molar refractivity (Wildman–Crippen MR) is 105 cm³/mol. The third-order valence-corrected chi connectivity index (χ3v) is 5.33. The van der Waals surface area contributed by atoms with Crippen molar-refractivity contribution in [3.05, 3.63) is 90.0 Å². The summed E-state index contributed by atoms with van der Waals surface area (Å²) in [7, 11) is 0. The van der Waals surface area contributed by atoms with Crippen LogP contribution >= 0.6 is 0 Å². The molecule has 1 aliphatic rings. The summed E-state index contributed by atoms with van der Waals surface area (Å²) in [6, 6.07) is 18.1. The van der Waals surface area contributed by atoms with Crippen molar-refractivity contribution in [2.75, 3.05) is 6.61 Å². The molecule has 0 spiro atoms. The second-order valence-corrected chi connectivity index (χ2v) is 6.94. The van der Waals surface area contributed by atoms with Crippen molar-refractivity contribution >= 4 is 5.91 Å². The van der Waals surface area contributed by atoms with E-state index in [1.807, 2.05) is 30.3 Å². The molecule has 5 nitrogen and oxygen atoms in total. The highest BCUT2D eigenvalue weighted by molar-refractivity contribution is 5.95. The highest BCUT2D eigenvalue weighted by Crippen LogP contribution is 2.41. The van der Waals surface area contributed by atoms with Gasteiger partial charge in [0.05, 0.1) is 24.3 Å². The van der Waals surface area contributed by atoms with E-state index < -0.39 is 12.1 Å². The molecule has 1 saturated heterocycles. The van der Waals surface area contributed by atoms with Crippen LogP contribution in [0.1, 0.15) is 21.8 Å². The fraction of sp³-hybridized carbons (Fsp3) is 0.174. The monoisotopic (exact) mass is 387 g/mol. The molecule has 144 valence electrons. The third-order valence-electron chi connectivity index (χ3n) is 5.33. The van der Waals surface area contributed by atoms with Gasteiger partial charge in [-0.05, 0) is 41.0 Å². The maximum atomic E-state index is 13.5. The average Bonchev–Trinajstić information content (AvgIpc) is 2.74. The quantitative estimate of drug-likeness (QED) is 0.745. The van der Waals surface area contributed by atoms with Crippen LogP contribution in [0.3, 0.4) is 0 Å². The van der Waals surface area contributed by atoms with Crippen molar-refractivity contribution in [3.8, 4) is 17.2 Å². The highest BCUT2D eigenvalue weighted by atomic mass is 19.1. The highest BCUT2D eigenvalue weighted by Gasteiger charge is 2.51. The summed E-state index contributed by atoms with van der Waals surface area (Å²) in [5.41, 5.74) is 2.84. The Hall–Kier alpha value is -3.56. The van der Waals surface area contributed by atoms with E-state index in [1.54, 1.807) is 24.4 Å². The molecular weight excluding hydrogens is 369 g/mol. The van der Waals surface area contributed by atoms with Gasteiger partial charge < -0.3 is 10.0 Å². The number of pyridine rings is 1. The Labute approximate surface area is 167 Å². The topological polar surface area (TPSA) is 77.2 Å². The average molecular weight is 387 g/mol. The van der Waals surface area contributed by atoms with Crippen LogP contribution in [0.4, 0.5) is 4.39 Å². The molecule has 4 rings (SSSR count). The minimum Gasteiger partial charge on any atom is -0.394 e. The van der Waals surface area contributed by atoms with Crippen molar-refractivity contribution in [1.82, 2.24) is 9.88 Å². The first kappa shape index (κ1) is 18.8. The van der Waals surface area contributed by atoms with Crippen LogP contribution in [0.5, 0.6) is 0 Å². The molecule has 0 aliphatic carbocycles. The largest absolute Gasteiger partial charge is 0.394 e. The van der Waals surface area contributed by atoms with Gasteiger partial charge >= 0.3 is 0 Å². The van der Waals surface area contributed by atoms with E-state index in [9.17, 15) is 19.6 Å². The summed E-state index contributed by atoms with van der Waals surface area (Å²) < 4.78 is 13.5. The molecule has 3 aromatic rings. The molecule has 3 atom stereocenters. The van der Waals surface area contributed by atoms with Gasteiger partial charge in [-0.2, -0.15) is 5.26 Å². The van der Waals surface area contributed by atoms with Gasteiger partial charge in [0.15, 0.2) is 0 Å². The summed E-state index contributed by atoms with van der Waals surface area (Å²) in [5, 5.41) is 19.6. The minimum absolute atomic E-state index is 0.250. The van der Waals surface area contributed by atoms with Gasteiger partial charge in [0.25, 0.3) is 5.91 Å². The molecule has 1 N–H and O–H groups in total. The van der Waals surface area contributed by atoms with Gasteiger partial charge in [0.1, 0.15) is 11.9 Å². The van der Waals surface area contributed by atoms with E-state index in [-0.39, 0.29) is 24.2 Å². The smallest absolute Gasteiger partial charge is 0.256 e. The Kier molecular flexibility index (Phi) is 5.07. The number of hydrogen-bond acceptors (Lipinski definition) is 4. The summed E-state index contributed by atoms with van der Waals surface area (Å²) in [6.45, 7) is -0.250. The number of halogens is 1. The van der Waals surface area contributed by atoms with Crippen LogP contribution in [0.2, 0.25) is 0 Å². The number of aliphatic hydroxyl groups is 1. The summed E-state index contributed by atoms with van der Waals surface area (Å²) in [4.78, 5) is 18.2. The third kappa shape index (κ3) is 3.37. The number of aliphatic hydroxyl groups excluding tert-OH is 1. The zero-order valence-electron chi connectivity index (χ0n) is 15.4. The molecule has 2 heterocycles. The molecule has 0 radical (unpaired) electrons. The number of hydrogen-bond donors (Lipinski definition) is 1. The van der Waals surface area contributed by atoms with Crippen LogP contribution in [0.15, 0.2) is 73.1 Å². The first-order valence-electron chi connectivity index (χ1n) is 9.23. The van der Waals surface area contributed by atoms with Crippen molar-refractivity contribution in [2.24, 2.45) is 0 Å². The lowest BCUT2D eigenvalue weighted by atomic mass is 9.75. The first-order valence-corrected chi connectivity index (χ1v) is 9.23. The van der Waals surface area contributed by atoms with E-state index in [2.05, 4.69) is 11.1 Å². The first-order chi connectivity index (χ1) is 14.1. The van der Waals surface area contributed by atoms with Gasteiger partial charge in [-0.3, -0.25) is 9.78 Å². The molecule has 0 bridgehead atoms. The van der Waals surface area contributed by atoms with Crippen molar-refractivity contribution < 1.29 is 14.3 Å². The maximum Gasteiger partial charge on any atom is 0.256 e. The number of benzene rings is 2. The Morgan fingerprint density at radius 2 is 1.93 bits per heavy atom. The van der Waals surface area contributed by atoms with Crippen LogP contribution in [0, 0.1) is 17.1 Å². The normalized spacial score (nSPS) is 20.6. The number of nitrogens with zero attached hydrogens (tertiary/aromatic N) is 3. The number of aromatic nitrogens is 1. The molecule has 1 amide bonds. The molecule has 0 saturated carbocycles. The summed E-state index contributed by atoms with van der Waals surface area (Å²) >= 11 is 0. The number of carbonyl (C=O) groups excluding carboxylic acids is 1. The summed E-state index contributed by atoms with van der Waals surface area (Å²) in [6.07, 6.45) is 3.02. The van der Waals surface area contributed by atoms with Crippen molar-refractivity contribution in [2.45, 2.75) is 18.0 Å². The fourth-order valence-electron chi connectivity index (χ4n) is 3.89. The molecular formula is C23H18FN3O2. The molecule has 2 aromatic carbocycles. The molecule has 29 heavy (non-hydrogen) atoms. The lowest BCUT2D eigenvalue weighted by Gasteiger charge is -2.51.